The van der Waals surface area contributed by atoms with Crippen molar-refractivity contribution in [2.45, 2.75) is 12.8 Å². The van der Waals surface area contributed by atoms with Gasteiger partial charge in [-0.05, 0) is 37.0 Å². The molecule has 1 aromatic carbocycles. The summed E-state index contributed by atoms with van der Waals surface area (Å²) in [5.74, 6) is -0.192. The molecule has 2 fully saturated rings. The number of carbonyl (C=O) groups excluding carboxylic acids is 1. The van der Waals surface area contributed by atoms with Crippen molar-refractivity contribution >= 4 is 22.9 Å². The van der Waals surface area contributed by atoms with E-state index in [1.165, 1.54) is 25.0 Å². The van der Waals surface area contributed by atoms with Gasteiger partial charge in [-0.1, -0.05) is 0 Å². The molecule has 1 atom stereocenters. The SMILES string of the molecule is O=C(c1ccc(NS(=O)O)cc1F)N1CCN(CC2CC2)CC1. The summed E-state index contributed by atoms with van der Waals surface area (Å²) in [5, 5.41) is 0. The van der Waals surface area contributed by atoms with Crippen LogP contribution in [0, 0.1) is 11.7 Å². The average molecular weight is 341 g/mol. The third-order valence-electron chi connectivity index (χ3n) is 4.28. The van der Waals surface area contributed by atoms with Crippen molar-refractivity contribution < 1.29 is 17.9 Å². The van der Waals surface area contributed by atoms with Crippen molar-refractivity contribution in [1.29, 1.82) is 0 Å². The van der Waals surface area contributed by atoms with E-state index < -0.39 is 17.1 Å². The fraction of sp³-hybridized carbons (Fsp3) is 0.533. The van der Waals surface area contributed by atoms with E-state index in [1.54, 1.807) is 4.90 Å². The minimum absolute atomic E-state index is 0.00471. The number of halogens is 1. The Hall–Kier alpha value is -1.51. The predicted molar refractivity (Wildman–Crippen MR) is 85.9 cm³/mol. The lowest BCUT2D eigenvalue weighted by Crippen LogP contribution is -2.49. The molecule has 8 heteroatoms. The monoisotopic (exact) mass is 341 g/mol. The molecule has 126 valence electrons. The number of benzene rings is 1. The number of carbonyl (C=O) groups is 1. The molecule has 1 heterocycles. The van der Waals surface area contributed by atoms with Crippen LogP contribution in [0.4, 0.5) is 10.1 Å². The fourth-order valence-electron chi connectivity index (χ4n) is 2.82. The zero-order valence-electron chi connectivity index (χ0n) is 12.7. The highest BCUT2D eigenvalue weighted by atomic mass is 32.2. The second kappa shape index (κ2) is 6.94. The third kappa shape index (κ3) is 4.27. The van der Waals surface area contributed by atoms with Gasteiger partial charge in [-0.25, -0.2) is 8.60 Å². The number of amides is 1. The van der Waals surface area contributed by atoms with Crippen LogP contribution in [-0.2, 0) is 11.3 Å². The van der Waals surface area contributed by atoms with Crippen molar-refractivity contribution in [3.63, 3.8) is 0 Å². The molecule has 6 nitrogen and oxygen atoms in total. The van der Waals surface area contributed by atoms with Crippen LogP contribution < -0.4 is 4.72 Å². The van der Waals surface area contributed by atoms with Crippen LogP contribution in [0.5, 0.6) is 0 Å². The van der Waals surface area contributed by atoms with Crippen molar-refractivity contribution in [2.24, 2.45) is 5.92 Å². The van der Waals surface area contributed by atoms with E-state index in [0.717, 1.165) is 31.6 Å². The predicted octanol–water partition coefficient (Wildman–Crippen LogP) is 1.54. The van der Waals surface area contributed by atoms with E-state index in [1.807, 2.05) is 0 Å². The fourth-order valence-corrected chi connectivity index (χ4v) is 3.15. The molecule has 1 saturated carbocycles. The summed E-state index contributed by atoms with van der Waals surface area (Å²) in [6.45, 7) is 3.96. The molecular weight excluding hydrogens is 321 g/mol. The van der Waals surface area contributed by atoms with Crippen LogP contribution in [0.2, 0.25) is 0 Å². The smallest absolute Gasteiger partial charge is 0.259 e. The Morgan fingerprint density at radius 1 is 1.30 bits per heavy atom. The molecule has 1 aliphatic carbocycles. The quantitative estimate of drug-likeness (QED) is 0.797. The summed E-state index contributed by atoms with van der Waals surface area (Å²) in [5.41, 5.74) is 0.157. The molecule has 1 amide bonds. The van der Waals surface area contributed by atoms with Crippen LogP contribution in [0.3, 0.4) is 0 Å². The summed E-state index contributed by atoms with van der Waals surface area (Å²) in [6.07, 6.45) is 2.62. The number of rotatable bonds is 5. The molecule has 23 heavy (non-hydrogen) atoms. The van der Waals surface area contributed by atoms with Crippen molar-refractivity contribution in [3.8, 4) is 0 Å². The van der Waals surface area contributed by atoms with Gasteiger partial charge in [0.15, 0.2) is 0 Å². The van der Waals surface area contributed by atoms with Gasteiger partial charge in [-0.2, -0.15) is 0 Å². The Kier molecular flexibility index (Phi) is 4.93. The lowest BCUT2D eigenvalue weighted by molar-refractivity contribution is 0.0627. The molecule has 3 rings (SSSR count). The minimum atomic E-state index is -2.27. The Balaban J connectivity index is 1.60. The van der Waals surface area contributed by atoms with E-state index in [4.69, 9.17) is 4.55 Å². The van der Waals surface area contributed by atoms with Gasteiger partial charge < -0.3 is 4.90 Å². The number of piperazine rings is 1. The number of nitrogens with zero attached hydrogens (tertiary/aromatic N) is 2. The van der Waals surface area contributed by atoms with E-state index in [9.17, 15) is 13.4 Å². The first kappa shape index (κ1) is 16.4. The molecule has 0 bridgehead atoms. The highest BCUT2D eigenvalue weighted by molar-refractivity contribution is 7.80. The van der Waals surface area contributed by atoms with Crippen molar-refractivity contribution in [1.82, 2.24) is 9.80 Å². The second-order valence-corrected chi connectivity index (χ2v) is 6.78. The van der Waals surface area contributed by atoms with Gasteiger partial charge in [0.1, 0.15) is 5.82 Å². The molecule has 0 radical (unpaired) electrons. The van der Waals surface area contributed by atoms with Crippen LogP contribution in [0.25, 0.3) is 0 Å². The van der Waals surface area contributed by atoms with Crippen molar-refractivity contribution in [3.05, 3.63) is 29.6 Å². The minimum Gasteiger partial charge on any atom is -0.336 e. The summed E-state index contributed by atoms with van der Waals surface area (Å²) < 4.78 is 35.6. The summed E-state index contributed by atoms with van der Waals surface area (Å²) in [7, 11) is 0. The molecule has 0 aromatic heterocycles. The Morgan fingerprint density at radius 2 is 2.00 bits per heavy atom. The molecule has 0 spiro atoms. The van der Waals surface area contributed by atoms with E-state index in [-0.39, 0.29) is 17.2 Å². The first-order valence-corrected chi connectivity index (χ1v) is 8.82. The maximum absolute atomic E-state index is 14.1. The van der Waals surface area contributed by atoms with Crippen LogP contribution in [0.15, 0.2) is 18.2 Å². The molecule has 2 aliphatic rings. The maximum atomic E-state index is 14.1. The molecule has 2 N–H and O–H groups in total. The Labute approximate surface area is 137 Å². The molecule has 1 aromatic rings. The van der Waals surface area contributed by atoms with Crippen LogP contribution >= 0.6 is 0 Å². The molecule has 1 aliphatic heterocycles. The molecular formula is C15H20FN3O3S. The van der Waals surface area contributed by atoms with Gasteiger partial charge in [-0.15, -0.1) is 0 Å². The number of hydrogen-bond donors (Lipinski definition) is 2. The van der Waals surface area contributed by atoms with Gasteiger partial charge in [0.2, 0.25) is 0 Å². The van der Waals surface area contributed by atoms with Gasteiger partial charge in [0.25, 0.3) is 17.2 Å². The first-order chi connectivity index (χ1) is 11.0. The first-order valence-electron chi connectivity index (χ1n) is 7.71. The lowest BCUT2D eigenvalue weighted by Gasteiger charge is -2.34. The second-order valence-electron chi connectivity index (χ2n) is 6.08. The van der Waals surface area contributed by atoms with E-state index in [2.05, 4.69) is 9.62 Å². The van der Waals surface area contributed by atoms with Gasteiger partial charge in [0.05, 0.1) is 11.3 Å². The zero-order chi connectivity index (χ0) is 16.4. The zero-order valence-corrected chi connectivity index (χ0v) is 13.5. The number of hydrogen-bond acceptors (Lipinski definition) is 3. The number of nitrogens with one attached hydrogen (secondary N) is 1. The van der Waals surface area contributed by atoms with Gasteiger partial charge in [0, 0.05) is 32.7 Å². The number of anilines is 1. The van der Waals surface area contributed by atoms with Gasteiger partial charge in [-0.3, -0.25) is 19.0 Å². The van der Waals surface area contributed by atoms with Crippen LogP contribution in [0.1, 0.15) is 23.2 Å². The Bertz CT molecular complexity index is 616. The largest absolute Gasteiger partial charge is 0.336 e. The lowest BCUT2D eigenvalue weighted by atomic mass is 10.1. The average Bonchev–Trinajstić information content (AvgIpc) is 3.31. The maximum Gasteiger partial charge on any atom is 0.259 e. The summed E-state index contributed by atoms with van der Waals surface area (Å²) in [6, 6.07) is 3.84. The summed E-state index contributed by atoms with van der Waals surface area (Å²) >= 11 is -2.27. The molecule has 1 saturated heterocycles. The Morgan fingerprint density at radius 3 is 2.57 bits per heavy atom. The highest BCUT2D eigenvalue weighted by Gasteiger charge is 2.28. The third-order valence-corrected chi connectivity index (χ3v) is 4.69. The van der Waals surface area contributed by atoms with Crippen molar-refractivity contribution in [2.75, 3.05) is 37.4 Å². The summed E-state index contributed by atoms with van der Waals surface area (Å²) in [4.78, 5) is 16.5. The standard InChI is InChI=1S/C15H20FN3O3S/c16-14-9-12(17-23(21)22)3-4-13(14)15(20)19-7-5-18(6-8-19)10-11-1-2-11/h3-4,9,11,17H,1-2,5-8,10H2,(H,21,22). The molecule has 1 unspecified atom stereocenters. The normalized spacial score (nSPS) is 20.3. The van der Waals surface area contributed by atoms with Crippen LogP contribution in [-0.4, -0.2) is 57.2 Å². The highest BCUT2D eigenvalue weighted by Crippen LogP contribution is 2.30. The van der Waals surface area contributed by atoms with E-state index >= 15 is 0 Å². The van der Waals surface area contributed by atoms with E-state index in [0.29, 0.717) is 13.1 Å². The topological polar surface area (TPSA) is 72.9 Å². The van der Waals surface area contributed by atoms with Gasteiger partial charge >= 0.3 is 0 Å².